The molecule has 2 aliphatic rings. The molecule has 2 saturated heterocycles. The smallest absolute Gasteiger partial charge is 0.410 e. The van der Waals surface area contributed by atoms with E-state index in [-0.39, 0.29) is 36.8 Å². The van der Waals surface area contributed by atoms with Crippen LogP contribution in [0, 0.1) is 24.2 Å². The molecule has 1 unspecified atom stereocenters. The van der Waals surface area contributed by atoms with Crippen LogP contribution in [0.15, 0.2) is 12.2 Å². The lowest BCUT2D eigenvalue weighted by Gasteiger charge is -2.33. The van der Waals surface area contributed by atoms with E-state index in [4.69, 9.17) is 16.3 Å². The van der Waals surface area contributed by atoms with E-state index in [1.165, 1.54) is 0 Å². The largest absolute Gasteiger partial charge is 0.481 e. The zero-order valence-electron chi connectivity index (χ0n) is 19.7. The summed E-state index contributed by atoms with van der Waals surface area (Å²) in [6, 6.07) is -0.868. The van der Waals surface area contributed by atoms with E-state index in [9.17, 15) is 19.2 Å². The Morgan fingerprint density at radius 3 is 2.39 bits per heavy atom. The molecule has 0 aromatic carbocycles. The molecule has 0 aromatic rings. The zero-order chi connectivity index (χ0) is 24.6. The summed E-state index contributed by atoms with van der Waals surface area (Å²) in [5.41, 5.74) is -0.526. The third-order valence-electron chi connectivity index (χ3n) is 5.70. The molecule has 9 heteroatoms. The van der Waals surface area contributed by atoms with Crippen molar-refractivity contribution in [3.05, 3.63) is 12.2 Å². The molecular formula is C24H35N3O6. The van der Waals surface area contributed by atoms with Gasteiger partial charge in [-0.2, -0.15) is 0 Å². The number of nitrogens with one attached hydrogen (secondary N) is 1. The minimum absolute atomic E-state index is 0.152. The predicted molar refractivity (Wildman–Crippen MR) is 122 cm³/mol. The summed E-state index contributed by atoms with van der Waals surface area (Å²) < 4.78 is 5.40. The van der Waals surface area contributed by atoms with Gasteiger partial charge in [0.25, 0.3) is 0 Å². The highest BCUT2D eigenvalue weighted by Crippen LogP contribution is 2.22. The maximum atomic E-state index is 12.7. The van der Waals surface area contributed by atoms with E-state index in [0.717, 1.165) is 12.8 Å². The molecule has 0 spiro atoms. The Balaban J connectivity index is 1.82. The number of aliphatic carboxylic acids is 1. The fraction of sp³-hybridized carbons (Fsp3) is 0.667. The maximum Gasteiger partial charge on any atom is 0.410 e. The summed E-state index contributed by atoms with van der Waals surface area (Å²) in [5, 5.41) is 11.5. The summed E-state index contributed by atoms with van der Waals surface area (Å²) >= 11 is 0. The predicted octanol–water partition coefficient (Wildman–Crippen LogP) is 2.02. The normalized spacial score (nSPS) is 20.7. The van der Waals surface area contributed by atoms with Gasteiger partial charge in [-0.05, 0) is 58.4 Å². The number of piperidine rings is 2. The van der Waals surface area contributed by atoms with E-state index in [0.29, 0.717) is 32.5 Å². The van der Waals surface area contributed by atoms with Crippen LogP contribution in [-0.4, -0.2) is 76.6 Å². The fourth-order valence-corrected chi connectivity index (χ4v) is 3.93. The van der Waals surface area contributed by atoms with Crippen LogP contribution in [0.4, 0.5) is 4.79 Å². The Bertz CT molecular complexity index is 802. The van der Waals surface area contributed by atoms with Crippen molar-refractivity contribution in [3.63, 3.8) is 0 Å². The number of likely N-dealkylation sites (tertiary alicyclic amines) is 2. The van der Waals surface area contributed by atoms with Crippen LogP contribution in [-0.2, 0) is 19.1 Å². The number of nitrogens with zero attached hydrogens (tertiary/aromatic N) is 2. The van der Waals surface area contributed by atoms with Gasteiger partial charge < -0.3 is 25.0 Å². The topological polar surface area (TPSA) is 116 Å². The molecule has 182 valence electrons. The van der Waals surface area contributed by atoms with Gasteiger partial charge in [0.1, 0.15) is 11.6 Å². The Morgan fingerprint density at radius 2 is 1.82 bits per heavy atom. The van der Waals surface area contributed by atoms with Gasteiger partial charge in [-0.25, -0.2) is 4.79 Å². The number of allylic oxidation sites excluding steroid dienone is 1. The van der Waals surface area contributed by atoms with E-state index < -0.39 is 23.5 Å². The van der Waals surface area contributed by atoms with Crippen molar-refractivity contribution in [2.45, 2.75) is 64.5 Å². The van der Waals surface area contributed by atoms with Crippen LogP contribution >= 0.6 is 0 Å². The van der Waals surface area contributed by atoms with Gasteiger partial charge in [0, 0.05) is 26.2 Å². The standard InChI is InChI=1S/C24H35N3O6/c1-5-19(15-21(29)30)25-22(31)18-7-6-12-27(16-18)20(28)9-8-17-10-13-26(14-11-17)23(32)33-24(2,3)4/h1,8-9,17-19H,6-7,10-16H2,2-4H3,(H,25,31)(H,29,30)/b9-8+/t18-,19?/m1/s1. The number of carboxylic acids is 1. The minimum Gasteiger partial charge on any atom is -0.481 e. The molecule has 3 amide bonds. The highest BCUT2D eigenvalue weighted by Gasteiger charge is 2.30. The summed E-state index contributed by atoms with van der Waals surface area (Å²) in [6.45, 7) is 7.51. The Morgan fingerprint density at radius 1 is 1.15 bits per heavy atom. The van der Waals surface area contributed by atoms with Crippen molar-refractivity contribution < 1.29 is 29.0 Å². The van der Waals surface area contributed by atoms with Crippen LogP contribution in [0.2, 0.25) is 0 Å². The lowest BCUT2D eigenvalue weighted by Crippen LogP contribution is -2.47. The highest BCUT2D eigenvalue weighted by molar-refractivity contribution is 5.88. The molecule has 0 bridgehead atoms. The second kappa shape index (κ2) is 11.7. The summed E-state index contributed by atoms with van der Waals surface area (Å²) in [6.07, 6.45) is 10.9. The molecule has 0 aliphatic carbocycles. The summed E-state index contributed by atoms with van der Waals surface area (Å²) in [7, 11) is 0. The van der Waals surface area contributed by atoms with E-state index in [2.05, 4.69) is 11.2 Å². The van der Waals surface area contributed by atoms with E-state index in [1.807, 2.05) is 26.8 Å². The van der Waals surface area contributed by atoms with Gasteiger partial charge in [-0.1, -0.05) is 12.0 Å². The first-order valence-corrected chi connectivity index (χ1v) is 11.4. The molecule has 2 N–H and O–H groups in total. The molecule has 2 rings (SSSR count). The van der Waals surface area contributed by atoms with Crippen LogP contribution in [0.25, 0.3) is 0 Å². The number of carbonyl (C=O) groups excluding carboxylic acids is 3. The third-order valence-corrected chi connectivity index (χ3v) is 5.70. The third kappa shape index (κ3) is 8.79. The summed E-state index contributed by atoms with van der Waals surface area (Å²) in [4.78, 5) is 51.5. The number of ether oxygens (including phenoxy) is 1. The van der Waals surface area contributed by atoms with Crippen LogP contribution in [0.5, 0.6) is 0 Å². The van der Waals surface area contributed by atoms with Gasteiger partial charge in [0.2, 0.25) is 11.8 Å². The van der Waals surface area contributed by atoms with Crippen molar-refractivity contribution >= 4 is 23.9 Å². The van der Waals surface area contributed by atoms with Crippen LogP contribution in [0.1, 0.15) is 52.9 Å². The van der Waals surface area contributed by atoms with Crippen molar-refractivity contribution in [2.75, 3.05) is 26.2 Å². The summed E-state index contributed by atoms with van der Waals surface area (Å²) in [5.74, 6) is 0.499. The Labute approximate surface area is 195 Å². The SMILES string of the molecule is C#CC(CC(=O)O)NC(=O)[C@@H]1CCCN(C(=O)/C=C/C2CCN(C(=O)OC(C)(C)C)CC2)C1. The quantitative estimate of drug-likeness (QED) is 0.462. The van der Waals surface area contributed by atoms with Crippen molar-refractivity contribution in [1.82, 2.24) is 15.1 Å². The van der Waals surface area contributed by atoms with Crippen LogP contribution in [0.3, 0.4) is 0 Å². The van der Waals surface area contributed by atoms with E-state index >= 15 is 0 Å². The molecular weight excluding hydrogens is 426 g/mol. The van der Waals surface area contributed by atoms with Gasteiger partial charge in [-0.3, -0.25) is 14.4 Å². The number of hydrogen-bond acceptors (Lipinski definition) is 5. The molecule has 33 heavy (non-hydrogen) atoms. The second-order valence-electron chi connectivity index (χ2n) is 9.61. The number of carboxylic acid groups (broad SMARTS) is 1. The first kappa shape index (κ1) is 26.2. The number of rotatable bonds is 6. The van der Waals surface area contributed by atoms with Crippen molar-refractivity contribution in [3.8, 4) is 12.3 Å². The molecule has 0 aromatic heterocycles. The van der Waals surface area contributed by atoms with Gasteiger partial charge in [-0.15, -0.1) is 6.42 Å². The zero-order valence-corrected chi connectivity index (χ0v) is 19.7. The number of hydrogen-bond donors (Lipinski definition) is 2. The molecule has 2 atom stereocenters. The Hall–Kier alpha value is -3.02. The number of carbonyl (C=O) groups is 4. The lowest BCUT2D eigenvalue weighted by atomic mass is 9.95. The molecule has 2 heterocycles. The average Bonchev–Trinajstić information content (AvgIpc) is 2.75. The molecule has 0 saturated carbocycles. The monoisotopic (exact) mass is 461 g/mol. The van der Waals surface area contributed by atoms with Crippen molar-refractivity contribution in [2.24, 2.45) is 11.8 Å². The van der Waals surface area contributed by atoms with Crippen LogP contribution < -0.4 is 5.32 Å². The highest BCUT2D eigenvalue weighted by atomic mass is 16.6. The van der Waals surface area contributed by atoms with Gasteiger partial charge in [0.15, 0.2) is 0 Å². The maximum absolute atomic E-state index is 12.7. The number of terminal acetylenes is 1. The van der Waals surface area contributed by atoms with Crippen molar-refractivity contribution in [1.29, 1.82) is 0 Å². The van der Waals surface area contributed by atoms with Gasteiger partial charge >= 0.3 is 12.1 Å². The van der Waals surface area contributed by atoms with Gasteiger partial charge in [0.05, 0.1) is 12.3 Å². The fourth-order valence-electron chi connectivity index (χ4n) is 3.93. The lowest BCUT2D eigenvalue weighted by molar-refractivity contribution is -0.137. The first-order valence-electron chi connectivity index (χ1n) is 11.4. The molecule has 9 nitrogen and oxygen atoms in total. The molecule has 2 aliphatic heterocycles. The first-order chi connectivity index (χ1) is 15.5. The minimum atomic E-state index is -1.08. The molecule has 0 radical (unpaired) electrons. The number of amides is 3. The molecule has 2 fully saturated rings. The average molecular weight is 462 g/mol. The van der Waals surface area contributed by atoms with E-state index in [1.54, 1.807) is 15.9 Å². The second-order valence-corrected chi connectivity index (χ2v) is 9.61. The Kier molecular flexibility index (Phi) is 9.32.